The number of nitrogens with one attached hydrogen (secondary N) is 1. The Balaban J connectivity index is 2.78. The summed E-state index contributed by atoms with van der Waals surface area (Å²) < 4.78 is 5.91. The number of rotatable bonds is 6. The van der Waals surface area contributed by atoms with Crippen molar-refractivity contribution >= 4 is 0 Å². The van der Waals surface area contributed by atoms with Crippen LogP contribution < -0.4 is 5.32 Å². The predicted octanol–water partition coefficient (Wildman–Crippen LogP) is 4.39. The van der Waals surface area contributed by atoms with Crippen LogP contribution in [0.25, 0.3) is 0 Å². The minimum absolute atomic E-state index is 0.201. The molecule has 2 heteroatoms. The molecule has 1 rings (SSSR count). The second kappa shape index (κ2) is 8.26. The fraction of sp³-hybridized carbons (Fsp3) is 1.00. The maximum Gasteiger partial charge on any atom is 0.0775 e. The van der Waals surface area contributed by atoms with Gasteiger partial charge in [-0.25, -0.2) is 0 Å². The van der Waals surface area contributed by atoms with Gasteiger partial charge in [0.25, 0.3) is 0 Å². The number of methoxy groups -OCH3 is 1. The summed E-state index contributed by atoms with van der Waals surface area (Å²) in [5.41, 5.74) is 0.201. The average Bonchev–Trinajstić information content (AvgIpc) is 2.61. The highest BCUT2D eigenvalue weighted by Crippen LogP contribution is 2.33. The van der Waals surface area contributed by atoms with E-state index in [2.05, 4.69) is 33.0 Å². The molecule has 2 unspecified atom stereocenters. The van der Waals surface area contributed by atoms with Crippen LogP contribution in [0.15, 0.2) is 0 Å². The topological polar surface area (TPSA) is 21.3 Å². The number of hydrogen-bond acceptors (Lipinski definition) is 2. The molecule has 2 atom stereocenters. The van der Waals surface area contributed by atoms with Crippen molar-refractivity contribution in [2.75, 3.05) is 13.7 Å². The Labute approximate surface area is 120 Å². The zero-order valence-corrected chi connectivity index (χ0v) is 13.8. The Kier molecular flexibility index (Phi) is 7.38. The largest absolute Gasteiger partial charge is 0.379 e. The van der Waals surface area contributed by atoms with Crippen molar-refractivity contribution in [3.05, 3.63) is 0 Å². The highest BCUT2D eigenvalue weighted by atomic mass is 16.5. The summed E-state index contributed by atoms with van der Waals surface area (Å²) in [6.45, 7) is 10.3. The maximum atomic E-state index is 5.91. The minimum atomic E-state index is 0.201. The van der Waals surface area contributed by atoms with Crippen LogP contribution in [0.3, 0.4) is 0 Å². The summed E-state index contributed by atoms with van der Waals surface area (Å²) in [6.07, 6.45) is 9.89. The molecule has 0 aromatic rings. The summed E-state index contributed by atoms with van der Waals surface area (Å²) in [4.78, 5) is 0. The van der Waals surface area contributed by atoms with Crippen LogP contribution >= 0.6 is 0 Å². The molecule has 1 aliphatic rings. The van der Waals surface area contributed by atoms with Gasteiger partial charge in [0.15, 0.2) is 0 Å². The third-order valence-corrected chi connectivity index (χ3v) is 4.47. The Morgan fingerprint density at radius 3 is 2.11 bits per heavy atom. The lowest BCUT2D eigenvalue weighted by Crippen LogP contribution is -2.52. The zero-order chi connectivity index (χ0) is 14.3. The Morgan fingerprint density at radius 1 is 1.11 bits per heavy atom. The van der Waals surface area contributed by atoms with E-state index in [-0.39, 0.29) is 5.41 Å². The van der Waals surface area contributed by atoms with Crippen molar-refractivity contribution in [2.24, 2.45) is 11.3 Å². The molecule has 0 heterocycles. The summed E-state index contributed by atoms with van der Waals surface area (Å²) in [6, 6.07) is 0.517. The molecule has 0 spiro atoms. The summed E-state index contributed by atoms with van der Waals surface area (Å²) in [5.74, 6) is 0.790. The second-order valence-electron chi connectivity index (χ2n) is 7.25. The summed E-state index contributed by atoms with van der Waals surface area (Å²) in [7, 11) is 1.88. The third-order valence-electron chi connectivity index (χ3n) is 4.47. The van der Waals surface area contributed by atoms with Crippen LogP contribution in [0.1, 0.15) is 72.6 Å². The van der Waals surface area contributed by atoms with Crippen molar-refractivity contribution in [1.82, 2.24) is 5.32 Å². The third kappa shape index (κ3) is 5.43. The van der Waals surface area contributed by atoms with Gasteiger partial charge in [0.2, 0.25) is 0 Å². The molecule has 2 nitrogen and oxygen atoms in total. The normalized spacial score (nSPS) is 21.9. The zero-order valence-electron chi connectivity index (χ0n) is 13.8. The lowest BCUT2D eigenvalue weighted by Gasteiger charge is -2.40. The summed E-state index contributed by atoms with van der Waals surface area (Å²) >= 11 is 0. The Hall–Kier alpha value is -0.0800. The number of hydrogen-bond donors (Lipinski definition) is 1. The Morgan fingerprint density at radius 2 is 1.68 bits per heavy atom. The molecular formula is C17H35NO. The van der Waals surface area contributed by atoms with Gasteiger partial charge in [-0.3, -0.25) is 0 Å². The van der Waals surface area contributed by atoms with E-state index in [4.69, 9.17) is 4.74 Å². The van der Waals surface area contributed by atoms with Gasteiger partial charge < -0.3 is 10.1 Å². The minimum Gasteiger partial charge on any atom is -0.379 e. The highest BCUT2D eigenvalue weighted by Gasteiger charge is 2.36. The van der Waals surface area contributed by atoms with Gasteiger partial charge >= 0.3 is 0 Å². The molecule has 1 N–H and O–H groups in total. The molecule has 0 radical (unpaired) electrons. The van der Waals surface area contributed by atoms with Crippen molar-refractivity contribution in [2.45, 2.75) is 84.8 Å². The SMILES string of the molecule is CCCNC(C1CCCCCC1)C(OC)C(C)(C)C. The van der Waals surface area contributed by atoms with Gasteiger partial charge in [0.1, 0.15) is 0 Å². The molecule has 0 aliphatic heterocycles. The fourth-order valence-corrected chi connectivity index (χ4v) is 3.54. The van der Waals surface area contributed by atoms with Gasteiger partial charge in [0.05, 0.1) is 6.10 Å². The van der Waals surface area contributed by atoms with Gasteiger partial charge in [0, 0.05) is 13.2 Å². The quantitative estimate of drug-likeness (QED) is 0.722. The first-order valence-corrected chi connectivity index (χ1v) is 8.27. The van der Waals surface area contributed by atoms with E-state index >= 15 is 0 Å². The van der Waals surface area contributed by atoms with Crippen LogP contribution in [0, 0.1) is 11.3 Å². The van der Waals surface area contributed by atoms with Crippen molar-refractivity contribution in [1.29, 1.82) is 0 Å². The lowest BCUT2D eigenvalue weighted by atomic mass is 9.77. The monoisotopic (exact) mass is 269 g/mol. The molecule has 0 aromatic heterocycles. The lowest BCUT2D eigenvalue weighted by molar-refractivity contribution is -0.0283. The molecule has 0 saturated heterocycles. The van der Waals surface area contributed by atoms with E-state index in [1.165, 1.54) is 44.9 Å². The fourth-order valence-electron chi connectivity index (χ4n) is 3.54. The molecule has 0 aromatic carbocycles. The Bertz CT molecular complexity index is 226. The highest BCUT2D eigenvalue weighted by molar-refractivity contribution is 4.91. The standard InChI is InChI=1S/C17H35NO/c1-6-13-18-15(16(19-5)17(2,3)4)14-11-9-7-8-10-12-14/h14-16,18H,6-13H2,1-5H3. The van der Waals surface area contributed by atoms with Gasteiger partial charge in [-0.05, 0) is 37.1 Å². The van der Waals surface area contributed by atoms with E-state index in [0.29, 0.717) is 12.1 Å². The van der Waals surface area contributed by atoms with E-state index in [0.717, 1.165) is 12.5 Å². The predicted molar refractivity (Wildman–Crippen MR) is 83.5 cm³/mol. The van der Waals surface area contributed by atoms with E-state index < -0.39 is 0 Å². The van der Waals surface area contributed by atoms with Crippen LogP contribution in [0.5, 0.6) is 0 Å². The van der Waals surface area contributed by atoms with Crippen LogP contribution in [-0.2, 0) is 4.74 Å². The van der Waals surface area contributed by atoms with Crippen LogP contribution in [-0.4, -0.2) is 25.8 Å². The first-order chi connectivity index (χ1) is 9.00. The van der Waals surface area contributed by atoms with Crippen LogP contribution in [0.4, 0.5) is 0 Å². The van der Waals surface area contributed by atoms with Crippen molar-refractivity contribution in [3.8, 4) is 0 Å². The van der Waals surface area contributed by atoms with Crippen molar-refractivity contribution in [3.63, 3.8) is 0 Å². The first-order valence-electron chi connectivity index (χ1n) is 8.27. The van der Waals surface area contributed by atoms with E-state index in [1.54, 1.807) is 0 Å². The smallest absolute Gasteiger partial charge is 0.0775 e. The molecule has 0 bridgehead atoms. The van der Waals surface area contributed by atoms with Crippen molar-refractivity contribution < 1.29 is 4.74 Å². The van der Waals surface area contributed by atoms with Gasteiger partial charge in [-0.2, -0.15) is 0 Å². The first kappa shape index (κ1) is 17.0. The number of ether oxygens (including phenoxy) is 1. The molecule has 1 saturated carbocycles. The van der Waals surface area contributed by atoms with E-state index in [9.17, 15) is 0 Å². The van der Waals surface area contributed by atoms with Crippen LogP contribution in [0.2, 0.25) is 0 Å². The average molecular weight is 269 g/mol. The van der Waals surface area contributed by atoms with Gasteiger partial charge in [-0.15, -0.1) is 0 Å². The molecule has 0 amide bonds. The van der Waals surface area contributed by atoms with E-state index in [1.807, 2.05) is 7.11 Å². The molecular weight excluding hydrogens is 234 g/mol. The maximum absolute atomic E-state index is 5.91. The molecule has 19 heavy (non-hydrogen) atoms. The second-order valence-corrected chi connectivity index (χ2v) is 7.25. The summed E-state index contributed by atoms with van der Waals surface area (Å²) in [5, 5.41) is 3.80. The molecule has 114 valence electrons. The van der Waals surface area contributed by atoms with Gasteiger partial charge in [-0.1, -0.05) is 53.4 Å². The molecule has 1 aliphatic carbocycles. The molecule has 1 fully saturated rings.